The van der Waals surface area contributed by atoms with Gasteiger partial charge >= 0.3 is 0 Å². The molecule has 0 nitrogen and oxygen atoms in total. The molecule has 12 heavy (non-hydrogen) atoms. The number of hydrogen-bond acceptors (Lipinski definition) is 0. The highest BCUT2D eigenvalue weighted by Crippen LogP contribution is 2.02. The van der Waals surface area contributed by atoms with E-state index >= 15 is 0 Å². The summed E-state index contributed by atoms with van der Waals surface area (Å²) < 4.78 is 12.3. The first-order valence-corrected chi connectivity index (χ1v) is 4.18. The van der Waals surface area contributed by atoms with Crippen LogP contribution in [0.2, 0.25) is 0 Å². The first-order chi connectivity index (χ1) is 5.83. The number of hydrogen-bond donors (Lipinski definition) is 0. The molecule has 0 fully saturated rings. The van der Waals surface area contributed by atoms with E-state index in [9.17, 15) is 4.39 Å². The van der Waals surface area contributed by atoms with Gasteiger partial charge in [-0.15, -0.1) is 6.58 Å². The van der Waals surface area contributed by atoms with Crippen LogP contribution in [0.15, 0.2) is 36.9 Å². The van der Waals surface area contributed by atoms with Crippen LogP contribution in [0.3, 0.4) is 0 Å². The Hall–Kier alpha value is -1.11. The van der Waals surface area contributed by atoms with E-state index in [-0.39, 0.29) is 5.82 Å². The Bertz CT molecular complexity index is 211. The lowest BCUT2D eigenvalue weighted by Gasteiger charge is -1.93. The van der Waals surface area contributed by atoms with E-state index in [1.54, 1.807) is 18.2 Å². The highest BCUT2D eigenvalue weighted by molar-refractivity contribution is 5.17. The maximum absolute atomic E-state index is 12.3. The molecule has 1 heteroatoms. The zero-order chi connectivity index (χ0) is 9.40. The van der Waals surface area contributed by atoms with E-state index in [0.717, 1.165) is 12.0 Å². The van der Waals surface area contributed by atoms with Crippen LogP contribution in [0.1, 0.15) is 19.4 Å². The van der Waals surface area contributed by atoms with Crippen LogP contribution in [0.25, 0.3) is 0 Å². The molecule has 0 aliphatic rings. The Morgan fingerprint density at radius 3 is 2.17 bits per heavy atom. The fraction of sp³-hybridized carbons (Fsp3) is 0.273. The minimum Gasteiger partial charge on any atom is -0.207 e. The monoisotopic (exact) mass is 166 g/mol. The molecule has 0 saturated carbocycles. The average Bonchev–Trinajstić information content (AvgIpc) is 2.13. The van der Waals surface area contributed by atoms with Crippen molar-refractivity contribution < 1.29 is 4.39 Å². The van der Waals surface area contributed by atoms with Crippen molar-refractivity contribution in [1.82, 2.24) is 0 Å². The molecular formula is C11H15F. The minimum absolute atomic E-state index is 0.187. The van der Waals surface area contributed by atoms with Gasteiger partial charge in [0.25, 0.3) is 0 Å². The third-order valence-electron chi connectivity index (χ3n) is 1.29. The number of benzene rings is 1. The largest absolute Gasteiger partial charge is 0.207 e. The van der Waals surface area contributed by atoms with E-state index in [4.69, 9.17) is 0 Å². The van der Waals surface area contributed by atoms with Crippen molar-refractivity contribution in [2.24, 2.45) is 0 Å². The third-order valence-corrected chi connectivity index (χ3v) is 1.29. The molecule has 1 rings (SSSR count). The molecule has 1 aromatic carbocycles. The molecule has 1 aromatic rings. The Morgan fingerprint density at radius 1 is 1.25 bits per heavy atom. The summed E-state index contributed by atoms with van der Waals surface area (Å²) in [5.41, 5.74) is 1.09. The van der Waals surface area contributed by atoms with E-state index < -0.39 is 0 Å². The predicted molar refractivity (Wildman–Crippen MR) is 51.6 cm³/mol. The van der Waals surface area contributed by atoms with Crippen LogP contribution in [-0.4, -0.2) is 0 Å². The highest BCUT2D eigenvalue weighted by atomic mass is 19.1. The Balaban J connectivity index is 0.000000561. The van der Waals surface area contributed by atoms with Crippen LogP contribution in [0, 0.1) is 5.82 Å². The second-order valence-corrected chi connectivity index (χ2v) is 2.12. The topological polar surface area (TPSA) is 0 Å². The zero-order valence-corrected chi connectivity index (χ0v) is 7.68. The van der Waals surface area contributed by atoms with E-state index in [0.29, 0.717) is 0 Å². The lowest BCUT2D eigenvalue weighted by molar-refractivity contribution is 0.627. The summed E-state index contributed by atoms with van der Waals surface area (Å²) in [5.74, 6) is -0.187. The van der Waals surface area contributed by atoms with Gasteiger partial charge in [-0.3, -0.25) is 0 Å². The highest BCUT2D eigenvalue weighted by Gasteiger charge is 1.88. The maximum atomic E-state index is 12.3. The standard InChI is InChI=1S/C9H9F.C2H6/c1-2-3-8-4-6-9(10)7-5-8;1-2/h2,4-7H,1,3H2;1-2H3. The lowest BCUT2D eigenvalue weighted by Crippen LogP contribution is -1.79. The second-order valence-electron chi connectivity index (χ2n) is 2.12. The quantitative estimate of drug-likeness (QED) is 0.589. The Labute approximate surface area is 73.7 Å². The molecule has 0 amide bonds. The van der Waals surface area contributed by atoms with Crippen molar-refractivity contribution in [3.8, 4) is 0 Å². The molecule has 66 valence electrons. The molecule has 0 aromatic heterocycles. The molecule has 0 saturated heterocycles. The SMILES string of the molecule is C=CCc1ccc(F)cc1.CC. The summed E-state index contributed by atoms with van der Waals surface area (Å²) >= 11 is 0. The summed E-state index contributed by atoms with van der Waals surface area (Å²) in [5, 5.41) is 0. The molecule has 0 atom stereocenters. The molecule has 0 aliphatic heterocycles. The average molecular weight is 166 g/mol. The van der Waals surface area contributed by atoms with Gasteiger partial charge in [0.2, 0.25) is 0 Å². The van der Waals surface area contributed by atoms with Gasteiger partial charge in [0.05, 0.1) is 0 Å². The van der Waals surface area contributed by atoms with Gasteiger partial charge in [-0.1, -0.05) is 32.1 Å². The molecule has 0 heterocycles. The van der Waals surface area contributed by atoms with Crippen LogP contribution in [0.5, 0.6) is 0 Å². The summed E-state index contributed by atoms with van der Waals surface area (Å²) in [6.07, 6.45) is 2.60. The van der Waals surface area contributed by atoms with Crippen molar-refractivity contribution >= 4 is 0 Å². The fourth-order valence-corrected chi connectivity index (χ4v) is 0.787. The van der Waals surface area contributed by atoms with Crippen molar-refractivity contribution in [3.63, 3.8) is 0 Å². The number of rotatable bonds is 2. The van der Waals surface area contributed by atoms with Gasteiger partial charge < -0.3 is 0 Å². The van der Waals surface area contributed by atoms with Crippen LogP contribution < -0.4 is 0 Å². The second kappa shape index (κ2) is 6.59. The normalized spacial score (nSPS) is 8.25. The molecule has 0 unspecified atom stereocenters. The van der Waals surface area contributed by atoms with Crippen LogP contribution in [-0.2, 0) is 6.42 Å². The summed E-state index contributed by atoms with van der Waals surface area (Å²) in [7, 11) is 0. The fourth-order valence-electron chi connectivity index (χ4n) is 0.787. The Morgan fingerprint density at radius 2 is 1.75 bits per heavy atom. The van der Waals surface area contributed by atoms with Gasteiger partial charge in [-0.25, -0.2) is 4.39 Å². The number of halogens is 1. The lowest BCUT2D eigenvalue weighted by atomic mass is 10.1. The van der Waals surface area contributed by atoms with Gasteiger partial charge in [0.15, 0.2) is 0 Å². The van der Waals surface area contributed by atoms with Crippen molar-refractivity contribution in [2.45, 2.75) is 20.3 Å². The first kappa shape index (κ1) is 10.9. The molecule has 0 bridgehead atoms. The van der Waals surface area contributed by atoms with Gasteiger partial charge in [-0.2, -0.15) is 0 Å². The molecule has 0 aliphatic carbocycles. The van der Waals surface area contributed by atoms with Crippen LogP contribution >= 0.6 is 0 Å². The summed E-state index contributed by atoms with van der Waals surface area (Å²) in [4.78, 5) is 0. The van der Waals surface area contributed by atoms with E-state index in [2.05, 4.69) is 6.58 Å². The van der Waals surface area contributed by atoms with Crippen molar-refractivity contribution in [2.75, 3.05) is 0 Å². The van der Waals surface area contributed by atoms with Gasteiger partial charge in [-0.05, 0) is 24.1 Å². The third kappa shape index (κ3) is 3.91. The molecule has 0 spiro atoms. The van der Waals surface area contributed by atoms with E-state index in [1.807, 2.05) is 13.8 Å². The maximum Gasteiger partial charge on any atom is 0.123 e. The van der Waals surface area contributed by atoms with Gasteiger partial charge in [0, 0.05) is 0 Å². The number of allylic oxidation sites excluding steroid dienone is 1. The van der Waals surface area contributed by atoms with Crippen molar-refractivity contribution in [1.29, 1.82) is 0 Å². The first-order valence-electron chi connectivity index (χ1n) is 4.18. The molecule has 0 N–H and O–H groups in total. The van der Waals surface area contributed by atoms with Gasteiger partial charge in [0.1, 0.15) is 5.82 Å². The van der Waals surface area contributed by atoms with Crippen LogP contribution in [0.4, 0.5) is 4.39 Å². The van der Waals surface area contributed by atoms with Crippen molar-refractivity contribution in [3.05, 3.63) is 48.3 Å². The smallest absolute Gasteiger partial charge is 0.123 e. The summed E-state index contributed by atoms with van der Waals surface area (Å²) in [6.45, 7) is 7.58. The molecular weight excluding hydrogens is 151 g/mol. The summed E-state index contributed by atoms with van der Waals surface area (Å²) in [6, 6.07) is 6.44. The Kier molecular flexibility index (Phi) is 5.98. The van der Waals surface area contributed by atoms with E-state index in [1.165, 1.54) is 12.1 Å². The predicted octanol–water partition coefficient (Wildman–Crippen LogP) is 3.58. The minimum atomic E-state index is -0.187. The zero-order valence-electron chi connectivity index (χ0n) is 7.68. The molecule has 0 radical (unpaired) electrons.